The average molecular weight is 523 g/mol. The molecular formula is C28H34N4O6. The standard InChI is InChI=1S/C28H34N4O6/c1-28(2,3)38-26(34)31-10-4-5-19-13-30(14-21(19)31)25-9-7-18(12-29-25)17-6-8-20-23(11-17)36-16-22-24(15-33)37-27(35)32(20)22/h6-9,11-12,19,21-22,24,33H,4-5,10,13-16H2,1-3H3/t19-,21+,22-,24-/m0/s1. The van der Waals surface area contributed by atoms with Crippen LogP contribution in [0.2, 0.25) is 0 Å². The van der Waals surface area contributed by atoms with Gasteiger partial charge >= 0.3 is 12.2 Å². The van der Waals surface area contributed by atoms with Crippen molar-refractivity contribution >= 4 is 23.7 Å². The lowest BCUT2D eigenvalue weighted by atomic mass is 9.92. The fourth-order valence-corrected chi connectivity index (χ4v) is 6.03. The summed E-state index contributed by atoms with van der Waals surface area (Å²) in [4.78, 5) is 35.7. The number of amides is 2. The van der Waals surface area contributed by atoms with Gasteiger partial charge in [0, 0.05) is 31.4 Å². The maximum atomic E-state index is 12.8. The monoisotopic (exact) mass is 522 g/mol. The first-order chi connectivity index (χ1) is 18.2. The molecule has 6 rings (SSSR count). The topological polar surface area (TPSA) is 105 Å². The van der Waals surface area contributed by atoms with E-state index in [0.717, 1.165) is 49.4 Å². The van der Waals surface area contributed by atoms with Crippen LogP contribution in [0.5, 0.6) is 5.75 Å². The van der Waals surface area contributed by atoms with Gasteiger partial charge in [-0.1, -0.05) is 6.07 Å². The van der Waals surface area contributed by atoms with Crippen LogP contribution in [0.4, 0.5) is 21.1 Å². The summed E-state index contributed by atoms with van der Waals surface area (Å²) in [6.45, 7) is 8.07. The predicted octanol–water partition coefficient (Wildman–Crippen LogP) is 3.66. The van der Waals surface area contributed by atoms with E-state index in [0.29, 0.717) is 17.4 Å². The summed E-state index contributed by atoms with van der Waals surface area (Å²) >= 11 is 0. The van der Waals surface area contributed by atoms with Crippen LogP contribution in [0.15, 0.2) is 36.5 Å². The van der Waals surface area contributed by atoms with Crippen molar-refractivity contribution in [1.82, 2.24) is 9.88 Å². The normalized spacial score (nSPS) is 26.3. The zero-order valence-electron chi connectivity index (χ0n) is 22.0. The Kier molecular flexibility index (Phi) is 6.09. The summed E-state index contributed by atoms with van der Waals surface area (Å²) in [5.74, 6) is 1.89. The number of pyridine rings is 1. The highest BCUT2D eigenvalue weighted by Gasteiger charge is 2.46. The number of anilines is 2. The molecule has 2 aromatic rings. The molecule has 3 saturated heterocycles. The summed E-state index contributed by atoms with van der Waals surface area (Å²) in [5.41, 5.74) is 2.00. The van der Waals surface area contributed by atoms with Crippen LogP contribution in [-0.4, -0.2) is 83.8 Å². The predicted molar refractivity (Wildman–Crippen MR) is 140 cm³/mol. The molecule has 0 spiro atoms. The van der Waals surface area contributed by atoms with Gasteiger partial charge < -0.3 is 29.1 Å². The van der Waals surface area contributed by atoms with Crippen molar-refractivity contribution in [2.45, 2.75) is 57.4 Å². The number of piperidine rings is 1. The molecule has 1 aromatic heterocycles. The van der Waals surface area contributed by atoms with E-state index in [1.165, 1.54) is 0 Å². The number of hydrogen-bond donors (Lipinski definition) is 1. The lowest BCUT2D eigenvalue weighted by Gasteiger charge is -2.37. The molecule has 38 heavy (non-hydrogen) atoms. The smallest absolute Gasteiger partial charge is 0.415 e. The molecule has 4 aliphatic rings. The van der Waals surface area contributed by atoms with Crippen molar-refractivity contribution in [3.63, 3.8) is 0 Å². The number of aromatic nitrogens is 1. The largest absolute Gasteiger partial charge is 0.489 e. The molecule has 4 atom stereocenters. The van der Waals surface area contributed by atoms with Crippen LogP contribution in [0.25, 0.3) is 11.1 Å². The van der Waals surface area contributed by atoms with Gasteiger partial charge in [-0.3, -0.25) is 4.90 Å². The van der Waals surface area contributed by atoms with Gasteiger partial charge in [-0.25, -0.2) is 14.6 Å². The lowest BCUT2D eigenvalue weighted by Crippen LogP contribution is -2.50. The van der Waals surface area contributed by atoms with Gasteiger partial charge in [0.05, 0.1) is 18.3 Å². The quantitative estimate of drug-likeness (QED) is 0.651. The van der Waals surface area contributed by atoms with Crippen LogP contribution < -0.4 is 14.5 Å². The average Bonchev–Trinajstić information content (AvgIpc) is 3.48. The number of likely N-dealkylation sites (tertiary alicyclic amines) is 1. The van der Waals surface area contributed by atoms with Crippen molar-refractivity contribution in [2.24, 2.45) is 5.92 Å². The minimum atomic E-state index is -0.585. The Labute approximate surface area is 222 Å². The molecule has 1 aromatic carbocycles. The minimum absolute atomic E-state index is 0.129. The molecule has 3 fully saturated rings. The highest BCUT2D eigenvalue weighted by Crippen LogP contribution is 2.41. The number of carbonyl (C=O) groups excluding carboxylic acids is 2. The first-order valence-electron chi connectivity index (χ1n) is 13.3. The summed E-state index contributed by atoms with van der Waals surface area (Å²) < 4.78 is 16.9. The zero-order valence-corrected chi connectivity index (χ0v) is 22.0. The first-order valence-corrected chi connectivity index (χ1v) is 13.3. The van der Waals surface area contributed by atoms with Crippen molar-refractivity contribution in [2.75, 3.05) is 42.6 Å². The fourth-order valence-electron chi connectivity index (χ4n) is 6.03. The van der Waals surface area contributed by atoms with Crippen molar-refractivity contribution in [3.05, 3.63) is 36.5 Å². The van der Waals surface area contributed by atoms with Gasteiger partial charge in [0.15, 0.2) is 6.10 Å². The third-order valence-corrected chi connectivity index (χ3v) is 7.83. The van der Waals surface area contributed by atoms with Crippen LogP contribution in [-0.2, 0) is 9.47 Å². The number of nitrogens with zero attached hydrogens (tertiary/aromatic N) is 4. The summed E-state index contributed by atoms with van der Waals surface area (Å²) in [7, 11) is 0. The number of aliphatic hydroxyl groups excluding tert-OH is 1. The number of rotatable bonds is 3. The number of cyclic esters (lactones) is 1. The van der Waals surface area contributed by atoms with Crippen molar-refractivity contribution in [1.29, 1.82) is 0 Å². The second-order valence-electron chi connectivity index (χ2n) is 11.5. The zero-order chi connectivity index (χ0) is 26.6. The van der Waals surface area contributed by atoms with Crippen LogP contribution in [0, 0.1) is 5.92 Å². The molecule has 0 radical (unpaired) electrons. The molecule has 4 aliphatic heterocycles. The second-order valence-corrected chi connectivity index (χ2v) is 11.5. The van der Waals surface area contributed by atoms with Crippen molar-refractivity contribution in [3.8, 4) is 16.9 Å². The summed E-state index contributed by atoms with van der Waals surface area (Å²) in [6, 6.07) is 9.54. The van der Waals surface area contributed by atoms with Gasteiger partial charge in [-0.2, -0.15) is 0 Å². The number of aliphatic hydroxyl groups is 1. The third-order valence-electron chi connectivity index (χ3n) is 7.83. The van der Waals surface area contributed by atoms with E-state index in [2.05, 4.69) is 4.90 Å². The highest BCUT2D eigenvalue weighted by molar-refractivity contribution is 5.94. The van der Waals surface area contributed by atoms with Gasteiger partial charge in [-0.15, -0.1) is 0 Å². The Balaban J connectivity index is 1.16. The summed E-state index contributed by atoms with van der Waals surface area (Å²) in [5, 5.41) is 9.51. The van der Waals surface area contributed by atoms with E-state index in [4.69, 9.17) is 19.2 Å². The van der Waals surface area contributed by atoms with E-state index in [9.17, 15) is 14.7 Å². The molecule has 0 saturated carbocycles. The number of benzene rings is 1. The minimum Gasteiger partial charge on any atom is -0.489 e. The molecule has 10 heteroatoms. The maximum Gasteiger partial charge on any atom is 0.415 e. The molecular weight excluding hydrogens is 488 g/mol. The highest BCUT2D eigenvalue weighted by atomic mass is 16.6. The van der Waals surface area contributed by atoms with Gasteiger partial charge in [0.2, 0.25) is 0 Å². The Morgan fingerprint density at radius 1 is 1.16 bits per heavy atom. The third kappa shape index (κ3) is 4.40. The van der Waals surface area contributed by atoms with Crippen LogP contribution in [0.1, 0.15) is 33.6 Å². The van der Waals surface area contributed by atoms with E-state index in [1.54, 1.807) is 4.90 Å². The van der Waals surface area contributed by atoms with E-state index in [1.807, 2.05) is 62.2 Å². The van der Waals surface area contributed by atoms with Gasteiger partial charge in [0.1, 0.15) is 29.8 Å². The molecule has 0 unspecified atom stereocenters. The molecule has 10 nitrogen and oxygen atoms in total. The Hall–Kier alpha value is -3.53. The lowest BCUT2D eigenvalue weighted by molar-refractivity contribution is 0.00669. The Bertz CT molecular complexity index is 1230. The van der Waals surface area contributed by atoms with E-state index < -0.39 is 17.8 Å². The fraction of sp³-hybridized carbons (Fsp3) is 0.536. The summed E-state index contributed by atoms with van der Waals surface area (Å²) in [6.07, 6.45) is 2.65. The molecule has 0 bridgehead atoms. The molecule has 2 amide bonds. The van der Waals surface area contributed by atoms with E-state index in [-0.39, 0.29) is 31.4 Å². The molecule has 1 N–H and O–H groups in total. The molecule has 0 aliphatic carbocycles. The van der Waals surface area contributed by atoms with E-state index >= 15 is 0 Å². The van der Waals surface area contributed by atoms with Crippen LogP contribution >= 0.6 is 0 Å². The Morgan fingerprint density at radius 2 is 1.97 bits per heavy atom. The SMILES string of the molecule is CC(C)(C)OC(=O)N1CCC[C@H]2CN(c3ccc(-c4ccc5c(c4)OC[C@H]4[C@H](CO)OC(=O)N54)cn3)C[C@H]21. The molecule has 5 heterocycles. The number of ether oxygens (including phenoxy) is 3. The number of fused-ring (bicyclic) bond motifs is 4. The molecule has 202 valence electrons. The van der Waals surface area contributed by atoms with Crippen molar-refractivity contribution < 1.29 is 28.9 Å². The number of carbonyl (C=O) groups is 2. The first kappa shape index (κ1) is 24.8. The van der Waals surface area contributed by atoms with Gasteiger partial charge in [-0.05, 0) is 69.4 Å². The maximum absolute atomic E-state index is 12.8. The second kappa shape index (κ2) is 9.34. The Morgan fingerprint density at radius 3 is 2.71 bits per heavy atom. The van der Waals surface area contributed by atoms with Gasteiger partial charge in [0.25, 0.3) is 0 Å². The number of hydrogen-bond acceptors (Lipinski definition) is 8. The van der Waals surface area contributed by atoms with Crippen LogP contribution in [0.3, 0.4) is 0 Å².